The Labute approximate surface area is 122 Å². The number of hydrogen-bond acceptors (Lipinski definition) is 3. The summed E-state index contributed by atoms with van der Waals surface area (Å²) in [6.07, 6.45) is 5.80. The zero-order chi connectivity index (χ0) is 15.3. The molecule has 0 aromatic heterocycles. The van der Waals surface area contributed by atoms with E-state index in [1.54, 1.807) is 0 Å². The largest absolute Gasteiger partial charge is 0.327 e. The molecule has 0 fully saturated rings. The molecule has 1 rings (SSSR count). The third kappa shape index (κ3) is 3.95. The topological polar surface area (TPSA) is 54.5 Å². The quantitative estimate of drug-likeness (QED) is 0.618. The van der Waals surface area contributed by atoms with Crippen LogP contribution in [0.4, 0.5) is 4.39 Å². The molecule has 0 aliphatic rings. The predicted molar refractivity (Wildman–Crippen MR) is 74.5 cm³/mol. The van der Waals surface area contributed by atoms with E-state index in [-0.39, 0.29) is 12.1 Å². The predicted octanol–water partition coefficient (Wildman–Crippen LogP) is 2.24. The maximum atomic E-state index is 13.3. The molecule has 4 nitrogen and oxygen atoms in total. The fourth-order valence-corrected chi connectivity index (χ4v) is 2.73. The summed E-state index contributed by atoms with van der Waals surface area (Å²) in [5.41, 5.74) is -0.316. The van der Waals surface area contributed by atoms with Crippen molar-refractivity contribution in [2.24, 2.45) is 0 Å². The summed E-state index contributed by atoms with van der Waals surface area (Å²) in [4.78, 5) is 13.1. The van der Waals surface area contributed by atoms with Crippen molar-refractivity contribution in [2.45, 2.75) is 18.2 Å². The molecule has 0 saturated heterocycles. The van der Waals surface area contributed by atoms with Crippen LogP contribution < -0.4 is 0 Å². The fourth-order valence-electron chi connectivity index (χ4n) is 1.68. The molecule has 0 aliphatic carbocycles. The van der Waals surface area contributed by atoms with E-state index in [1.165, 1.54) is 4.90 Å². The van der Waals surface area contributed by atoms with E-state index in [1.807, 2.05) is 6.92 Å². The van der Waals surface area contributed by atoms with Gasteiger partial charge in [0.15, 0.2) is 0 Å². The van der Waals surface area contributed by atoms with Gasteiger partial charge in [0.2, 0.25) is 0 Å². The first kappa shape index (κ1) is 16.5. The summed E-state index contributed by atoms with van der Waals surface area (Å²) in [6, 6.07) is 2.74. The van der Waals surface area contributed by atoms with E-state index >= 15 is 0 Å². The molecule has 108 valence electrons. The van der Waals surface area contributed by atoms with Gasteiger partial charge in [-0.15, -0.1) is 6.42 Å². The first-order chi connectivity index (χ1) is 9.31. The molecule has 0 spiro atoms. The molecule has 1 aromatic carbocycles. The van der Waals surface area contributed by atoms with Crippen LogP contribution >= 0.6 is 10.7 Å². The Kier molecular flexibility index (Phi) is 5.54. The minimum absolute atomic E-state index is 0.00492. The Bertz CT molecular complexity index is 652. The first-order valence-corrected chi connectivity index (χ1v) is 8.09. The molecule has 20 heavy (non-hydrogen) atoms. The minimum atomic E-state index is -4.15. The van der Waals surface area contributed by atoms with Crippen molar-refractivity contribution >= 4 is 25.6 Å². The highest BCUT2D eigenvalue weighted by Gasteiger charge is 2.24. The smallest absolute Gasteiger partial charge is 0.262 e. The Morgan fingerprint density at radius 1 is 1.50 bits per heavy atom. The molecule has 0 unspecified atom stereocenters. The molecule has 1 amide bonds. The van der Waals surface area contributed by atoms with Crippen molar-refractivity contribution in [3.8, 4) is 12.3 Å². The summed E-state index contributed by atoms with van der Waals surface area (Å²) in [7, 11) is 1.11. The number of carbonyl (C=O) groups is 1. The van der Waals surface area contributed by atoms with Crippen molar-refractivity contribution in [3.63, 3.8) is 0 Å². The normalized spacial score (nSPS) is 10.9. The summed E-state index contributed by atoms with van der Waals surface area (Å²) in [5.74, 6) is 0.914. The molecule has 0 radical (unpaired) electrons. The van der Waals surface area contributed by atoms with Gasteiger partial charge in [-0.1, -0.05) is 12.8 Å². The van der Waals surface area contributed by atoms with Gasteiger partial charge >= 0.3 is 0 Å². The lowest BCUT2D eigenvalue weighted by Crippen LogP contribution is -2.33. The Hall–Kier alpha value is -1.58. The van der Waals surface area contributed by atoms with Gasteiger partial charge in [0.05, 0.1) is 17.0 Å². The van der Waals surface area contributed by atoms with Crippen molar-refractivity contribution < 1.29 is 17.6 Å². The van der Waals surface area contributed by atoms with Gasteiger partial charge in [0.25, 0.3) is 15.0 Å². The summed E-state index contributed by atoms with van der Waals surface area (Å²) in [6.45, 7) is 2.17. The van der Waals surface area contributed by atoms with E-state index in [0.717, 1.165) is 18.2 Å². The number of halogens is 2. The number of nitrogens with zero attached hydrogens (tertiary/aromatic N) is 1. The van der Waals surface area contributed by atoms with Crippen LogP contribution in [0, 0.1) is 18.2 Å². The third-order valence-electron chi connectivity index (χ3n) is 2.50. The van der Waals surface area contributed by atoms with Crippen LogP contribution in [0.2, 0.25) is 0 Å². The lowest BCUT2D eigenvalue weighted by atomic mass is 10.2. The second kappa shape index (κ2) is 6.73. The SMILES string of the molecule is C#CCN(CCC)C(=O)c1cc(F)ccc1S(=O)(=O)Cl. The maximum absolute atomic E-state index is 13.3. The minimum Gasteiger partial charge on any atom is -0.327 e. The van der Waals surface area contributed by atoms with Gasteiger partial charge in [-0.25, -0.2) is 12.8 Å². The van der Waals surface area contributed by atoms with Gasteiger partial charge in [-0.3, -0.25) is 4.79 Å². The molecule has 1 aromatic rings. The number of rotatable bonds is 5. The van der Waals surface area contributed by atoms with Gasteiger partial charge in [-0.2, -0.15) is 0 Å². The third-order valence-corrected chi connectivity index (χ3v) is 3.88. The highest BCUT2D eigenvalue weighted by atomic mass is 35.7. The average Bonchev–Trinajstić information content (AvgIpc) is 2.36. The summed E-state index contributed by atoms with van der Waals surface area (Å²) in [5, 5.41) is 0. The van der Waals surface area contributed by atoms with Crippen LogP contribution in [0.25, 0.3) is 0 Å². The number of carbonyl (C=O) groups excluding carboxylic acids is 1. The van der Waals surface area contributed by atoms with Crippen LogP contribution in [0.1, 0.15) is 23.7 Å². The molecule has 0 heterocycles. The molecule has 0 bridgehead atoms. The summed E-state index contributed by atoms with van der Waals surface area (Å²) < 4.78 is 36.2. The number of benzene rings is 1. The van der Waals surface area contributed by atoms with Crippen LogP contribution in [0.3, 0.4) is 0 Å². The van der Waals surface area contributed by atoms with E-state index in [0.29, 0.717) is 13.0 Å². The number of amides is 1. The van der Waals surface area contributed by atoms with E-state index in [2.05, 4.69) is 5.92 Å². The van der Waals surface area contributed by atoms with Gasteiger partial charge in [-0.05, 0) is 24.6 Å². The van der Waals surface area contributed by atoms with Gasteiger partial charge in [0, 0.05) is 17.2 Å². The molecule has 0 N–H and O–H groups in total. The highest BCUT2D eigenvalue weighted by Crippen LogP contribution is 2.22. The second-order valence-electron chi connectivity index (χ2n) is 4.01. The number of hydrogen-bond donors (Lipinski definition) is 0. The monoisotopic (exact) mass is 317 g/mol. The van der Waals surface area contributed by atoms with Gasteiger partial charge in [0.1, 0.15) is 5.82 Å². The molecular formula is C13H13ClFNO3S. The molecule has 0 atom stereocenters. The lowest BCUT2D eigenvalue weighted by molar-refractivity contribution is 0.0772. The van der Waals surface area contributed by atoms with Crippen molar-refractivity contribution in [3.05, 3.63) is 29.6 Å². The van der Waals surface area contributed by atoms with Gasteiger partial charge < -0.3 is 4.90 Å². The Balaban J connectivity index is 3.33. The standard InChI is InChI=1S/C13H13ClFNO3S/c1-3-7-16(8-4-2)13(17)11-9-10(15)5-6-12(11)20(14,18)19/h1,5-6,9H,4,7-8H2,2H3. The molecular weight excluding hydrogens is 305 g/mol. The summed E-state index contributed by atoms with van der Waals surface area (Å²) >= 11 is 0. The lowest BCUT2D eigenvalue weighted by Gasteiger charge is -2.20. The van der Waals surface area contributed by atoms with Crippen molar-refractivity contribution in [1.82, 2.24) is 4.90 Å². The Morgan fingerprint density at radius 3 is 2.65 bits per heavy atom. The average molecular weight is 318 g/mol. The second-order valence-corrected chi connectivity index (χ2v) is 6.54. The zero-order valence-electron chi connectivity index (χ0n) is 10.8. The number of terminal acetylenes is 1. The Morgan fingerprint density at radius 2 is 2.15 bits per heavy atom. The maximum Gasteiger partial charge on any atom is 0.262 e. The fraction of sp³-hybridized carbons (Fsp3) is 0.308. The zero-order valence-corrected chi connectivity index (χ0v) is 12.3. The van der Waals surface area contributed by atoms with Crippen molar-refractivity contribution in [2.75, 3.05) is 13.1 Å². The molecule has 0 saturated carbocycles. The van der Waals surface area contributed by atoms with E-state index in [4.69, 9.17) is 17.1 Å². The van der Waals surface area contributed by atoms with Crippen LogP contribution in [0.15, 0.2) is 23.1 Å². The van der Waals surface area contributed by atoms with Crippen molar-refractivity contribution in [1.29, 1.82) is 0 Å². The van der Waals surface area contributed by atoms with Crippen LogP contribution in [-0.2, 0) is 9.05 Å². The van der Waals surface area contributed by atoms with Crippen LogP contribution in [-0.4, -0.2) is 32.3 Å². The van der Waals surface area contributed by atoms with E-state index in [9.17, 15) is 17.6 Å². The molecule has 7 heteroatoms. The molecule has 0 aliphatic heterocycles. The first-order valence-electron chi connectivity index (χ1n) is 5.78. The van der Waals surface area contributed by atoms with Crippen LogP contribution in [0.5, 0.6) is 0 Å². The highest BCUT2D eigenvalue weighted by molar-refractivity contribution is 8.13. The van der Waals surface area contributed by atoms with E-state index < -0.39 is 25.7 Å².